The number of benzene rings is 2. The molecule has 1 amide bonds. The molecule has 2 heterocycles. The Morgan fingerprint density at radius 2 is 1.88 bits per heavy atom. The second kappa shape index (κ2) is 10.3. The van der Waals surface area contributed by atoms with Crippen molar-refractivity contribution >= 4 is 28.8 Å². The number of nitrogens with zero attached hydrogens (tertiary/aromatic N) is 3. The topological polar surface area (TPSA) is 54.9 Å². The lowest BCUT2D eigenvalue weighted by Gasteiger charge is -2.35. The standard InChI is InChI=1S/C24H26ClN3O3S/c1-30-19-7-8-22(31-2)17(13-19)15-27-9-11-28(12-10-27)23(29)14-18-16-32-24(26-18)20-5-3-4-6-21(20)25/h3-8,13,16H,9-12,14-15H2,1-2H3. The maximum absolute atomic E-state index is 12.8. The van der Waals surface area contributed by atoms with Crippen LogP contribution >= 0.6 is 22.9 Å². The van der Waals surface area contributed by atoms with Crippen LogP contribution in [0.3, 0.4) is 0 Å². The third-order valence-corrected chi connectivity index (χ3v) is 6.85. The lowest BCUT2D eigenvalue weighted by Crippen LogP contribution is -2.48. The number of amides is 1. The van der Waals surface area contributed by atoms with Crippen molar-refractivity contribution in [2.24, 2.45) is 0 Å². The van der Waals surface area contributed by atoms with Gasteiger partial charge >= 0.3 is 0 Å². The predicted octanol–water partition coefficient (Wildman–Crippen LogP) is 4.37. The first-order chi connectivity index (χ1) is 15.6. The minimum absolute atomic E-state index is 0.111. The van der Waals surface area contributed by atoms with E-state index in [4.69, 9.17) is 21.1 Å². The molecule has 0 unspecified atom stereocenters. The average Bonchev–Trinajstić information content (AvgIpc) is 3.28. The number of hydrogen-bond donors (Lipinski definition) is 0. The quantitative estimate of drug-likeness (QED) is 0.512. The highest BCUT2D eigenvalue weighted by molar-refractivity contribution is 7.13. The van der Waals surface area contributed by atoms with Crippen molar-refractivity contribution in [3.8, 4) is 22.1 Å². The minimum atomic E-state index is 0.111. The van der Waals surface area contributed by atoms with Gasteiger partial charge in [0, 0.05) is 49.2 Å². The van der Waals surface area contributed by atoms with Crippen LogP contribution in [-0.2, 0) is 17.8 Å². The van der Waals surface area contributed by atoms with Crippen LogP contribution < -0.4 is 9.47 Å². The van der Waals surface area contributed by atoms with Gasteiger partial charge in [-0.05, 0) is 24.3 Å². The van der Waals surface area contributed by atoms with Gasteiger partial charge in [-0.3, -0.25) is 9.69 Å². The second-order valence-electron chi connectivity index (χ2n) is 7.64. The van der Waals surface area contributed by atoms with E-state index >= 15 is 0 Å². The number of thiazole rings is 1. The molecular formula is C24H26ClN3O3S. The number of carbonyl (C=O) groups excluding carboxylic acids is 1. The fourth-order valence-electron chi connectivity index (χ4n) is 3.82. The molecule has 1 aliphatic heterocycles. The van der Waals surface area contributed by atoms with Gasteiger partial charge in [0.2, 0.25) is 5.91 Å². The summed E-state index contributed by atoms with van der Waals surface area (Å²) in [6.45, 7) is 3.79. The van der Waals surface area contributed by atoms with Crippen LogP contribution in [0.25, 0.3) is 10.6 Å². The Hall–Kier alpha value is -2.61. The molecule has 1 aliphatic rings. The van der Waals surface area contributed by atoms with E-state index in [1.165, 1.54) is 11.3 Å². The Bertz CT molecular complexity index is 1080. The lowest BCUT2D eigenvalue weighted by atomic mass is 10.1. The van der Waals surface area contributed by atoms with Crippen LogP contribution in [0.1, 0.15) is 11.3 Å². The van der Waals surface area contributed by atoms with E-state index in [1.807, 2.05) is 52.7 Å². The Kier molecular flexibility index (Phi) is 7.29. The van der Waals surface area contributed by atoms with Gasteiger partial charge in [0.25, 0.3) is 0 Å². The maximum Gasteiger partial charge on any atom is 0.228 e. The minimum Gasteiger partial charge on any atom is -0.497 e. The summed E-state index contributed by atoms with van der Waals surface area (Å²) in [7, 11) is 3.34. The van der Waals surface area contributed by atoms with Crippen molar-refractivity contribution in [3.05, 3.63) is 64.1 Å². The molecule has 0 aliphatic carbocycles. The molecule has 4 rings (SSSR count). The lowest BCUT2D eigenvalue weighted by molar-refractivity contribution is -0.132. The number of halogens is 1. The third-order valence-electron chi connectivity index (χ3n) is 5.59. The summed E-state index contributed by atoms with van der Waals surface area (Å²) >= 11 is 7.79. The number of piperazine rings is 1. The zero-order valence-corrected chi connectivity index (χ0v) is 19.8. The molecular weight excluding hydrogens is 446 g/mol. The third kappa shape index (κ3) is 5.23. The zero-order valence-electron chi connectivity index (χ0n) is 18.2. The summed E-state index contributed by atoms with van der Waals surface area (Å²) in [5.41, 5.74) is 2.78. The van der Waals surface area contributed by atoms with Crippen molar-refractivity contribution in [1.82, 2.24) is 14.8 Å². The molecule has 1 saturated heterocycles. The van der Waals surface area contributed by atoms with Gasteiger partial charge in [0.05, 0.1) is 31.4 Å². The van der Waals surface area contributed by atoms with Gasteiger partial charge in [-0.25, -0.2) is 4.98 Å². The fourth-order valence-corrected chi connectivity index (χ4v) is 4.95. The molecule has 0 atom stereocenters. The normalized spacial score (nSPS) is 14.4. The van der Waals surface area contributed by atoms with Crippen LogP contribution in [-0.4, -0.2) is 61.1 Å². The molecule has 32 heavy (non-hydrogen) atoms. The molecule has 168 valence electrons. The van der Waals surface area contributed by atoms with Crippen molar-refractivity contribution in [2.75, 3.05) is 40.4 Å². The molecule has 8 heteroatoms. The van der Waals surface area contributed by atoms with Gasteiger partial charge in [-0.2, -0.15) is 0 Å². The SMILES string of the molecule is COc1ccc(OC)c(CN2CCN(C(=O)Cc3csc(-c4ccccc4Cl)n3)CC2)c1. The highest BCUT2D eigenvalue weighted by atomic mass is 35.5. The first kappa shape index (κ1) is 22.6. The molecule has 0 spiro atoms. The number of rotatable bonds is 7. The van der Waals surface area contributed by atoms with Gasteiger partial charge in [0.1, 0.15) is 16.5 Å². The molecule has 1 fully saturated rings. The zero-order chi connectivity index (χ0) is 22.5. The molecule has 3 aromatic rings. The van der Waals surface area contributed by atoms with E-state index in [1.54, 1.807) is 14.2 Å². The molecule has 2 aromatic carbocycles. The summed E-state index contributed by atoms with van der Waals surface area (Å²) in [6.07, 6.45) is 0.310. The van der Waals surface area contributed by atoms with Crippen molar-refractivity contribution in [1.29, 1.82) is 0 Å². The Morgan fingerprint density at radius 1 is 1.09 bits per heavy atom. The first-order valence-corrected chi connectivity index (χ1v) is 11.7. The van der Waals surface area contributed by atoms with Crippen LogP contribution in [0.15, 0.2) is 47.8 Å². The van der Waals surface area contributed by atoms with Crippen molar-refractivity contribution < 1.29 is 14.3 Å². The summed E-state index contributed by atoms with van der Waals surface area (Å²) in [4.78, 5) is 21.7. The van der Waals surface area contributed by atoms with E-state index in [0.29, 0.717) is 24.5 Å². The highest BCUT2D eigenvalue weighted by Crippen LogP contribution is 2.30. The monoisotopic (exact) mass is 471 g/mol. The van der Waals surface area contributed by atoms with Gasteiger partial charge in [-0.15, -0.1) is 11.3 Å². The van der Waals surface area contributed by atoms with Crippen LogP contribution in [0.4, 0.5) is 0 Å². The molecule has 0 bridgehead atoms. The van der Waals surface area contributed by atoms with Crippen LogP contribution in [0, 0.1) is 0 Å². The summed E-state index contributed by atoms with van der Waals surface area (Å²) in [5.74, 6) is 1.77. The molecule has 0 saturated carbocycles. The molecule has 0 radical (unpaired) electrons. The highest BCUT2D eigenvalue weighted by Gasteiger charge is 2.23. The van der Waals surface area contributed by atoms with E-state index in [9.17, 15) is 4.79 Å². The average molecular weight is 472 g/mol. The fraction of sp³-hybridized carbons (Fsp3) is 0.333. The van der Waals surface area contributed by atoms with Gasteiger partial charge in [-0.1, -0.05) is 29.8 Å². The first-order valence-electron chi connectivity index (χ1n) is 10.5. The van der Waals surface area contributed by atoms with Crippen molar-refractivity contribution in [2.45, 2.75) is 13.0 Å². The number of methoxy groups -OCH3 is 2. The Labute approximate surface area is 197 Å². The van der Waals surface area contributed by atoms with E-state index in [-0.39, 0.29) is 5.91 Å². The van der Waals surface area contributed by atoms with Crippen molar-refractivity contribution in [3.63, 3.8) is 0 Å². The predicted molar refractivity (Wildman–Crippen MR) is 128 cm³/mol. The van der Waals surface area contributed by atoms with Gasteiger partial charge in [0.15, 0.2) is 0 Å². The number of hydrogen-bond acceptors (Lipinski definition) is 6. The number of ether oxygens (including phenoxy) is 2. The smallest absolute Gasteiger partial charge is 0.228 e. The molecule has 0 N–H and O–H groups in total. The molecule has 6 nitrogen and oxygen atoms in total. The second-order valence-corrected chi connectivity index (χ2v) is 8.90. The van der Waals surface area contributed by atoms with E-state index in [2.05, 4.69) is 9.88 Å². The van der Waals surface area contributed by atoms with E-state index in [0.717, 1.165) is 53.0 Å². The number of carbonyl (C=O) groups is 1. The van der Waals surface area contributed by atoms with E-state index < -0.39 is 0 Å². The summed E-state index contributed by atoms with van der Waals surface area (Å²) in [5, 5.41) is 3.46. The number of aromatic nitrogens is 1. The van der Waals surface area contributed by atoms with Crippen LogP contribution in [0.5, 0.6) is 11.5 Å². The summed E-state index contributed by atoms with van der Waals surface area (Å²) in [6, 6.07) is 13.5. The largest absolute Gasteiger partial charge is 0.497 e. The van der Waals surface area contributed by atoms with Crippen LogP contribution in [0.2, 0.25) is 5.02 Å². The maximum atomic E-state index is 12.8. The Balaban J connectivity index is 1.32. The van der Waals surface area contributed by atoms with Gasteiger partial charge < -0.3 is 14.4 Å². The molecule has 1 aromatic heterocycles. The summed E-state index contributed by atoms with van der Waals surface area (Å²) < 4.78 is 10.8. The Morgan fingerprint density at radius 3 is 2.59 bits per heavy atom.